The molecule has 2 atom stereocenters. The Morgan fingerprint density at radius 2 is 2.03 bits per heavy atom. The third kappa shape index (κ3) is 6.37. The maximum Gasteiger partial charge on any atom is 0.416 e. The van der Waals surface area contributed by atoms with E-state index in [9.17, 15) is 19.7 Å². The van der Waals surface area contributed by atoms with Crippen molar-refractivity contribution in [2.45, 2.75) is 46.6 Å². The van der Waals surface area contributed by atoms with Gasteiger partial charge < -0.3 is 19.1 Å². The predicted octanol–water partition coefficient (Wildman–Crippen LogP) is 2.20. The Labute approximate surface area is 192 Å². The van der Waals surface area contributed by atoms with Gasteiger partial charge in [0.05, 0.1) is 17.7 Å². The van der Waals surface area contributed by atoms with Crippen LogP contribution in [0.5, 0.6) is 0 Å². The van der Waals surface area contributed by atoms with Crippen LogP contribution in [0.2, 0.25) is 0 Å². The van der Waals surface area contributed by atoms with Gasteiger partial charge in [0.15, 0.2) is 0 Å². The Balaban J connectivity index is 2.46. The molecule has 0 aliphatic carbocycles. The fraction of sp³-hybridized carbons (Fsp3) is 0.619. The van der Waals surface area contributed by atoms with Gasteiger partial charge in [0.25, 0.3) is 0 Å². The molecule has 0 aromatic heterocycles. The topological polar surface area (TPSA) is 136 Å². The summed E-state index contributed by atoms with van der Waals surface area (Å²) in [6.45, 7) is 8.94. The minimum Gasteiger partial charge on any atom is -0.464 e. The zero-order valence-corrected chi connectivity index (χ0v) is 20.0. The van der Waals surface area contributed by atoms with E-state index in [1.165, 1.54) is 18.1 Å². The smallest absolute Gasteiger partial charge is 0.416 e. The molecule has 0 aromatic carbocycles. The predicted molar refractivity (Wildman–Crippen MR) is 120 cm³/mol. The number of dihydropyridines is 1. The molecule has 0 N–H and O–H groups in total. The number of methoxy groups -OCH3 is 1. The van der Waals surface area contributed by atoms with E-state index in [0.29, 0.717) is 12.3 Å². The van der Waals surface area contributed by atoms with Crippen LogP contribution in [0.3, 0.4) is 0 Å². The van der Waals surface area contributed by atoms with E-state index in [1.54, 1.807) is 47.7 Å². The van der Waals surface area contributed by atoms with Gasteiger partial charge in [0.1, 0.15) is 11.3 Å². The van der Waals surface area contributed by atoms with E-state index in [0.717, 1.165) is 4.90 Å². The van der Waals surface area contributed by atoms with E-state index >= 15 is 0 Å². The summed E-state index contributed by atoms with van der Waals surface area (Å²) < 4.78 is 15.8. The number of aliphatic imine (C=N–C) groups is 2. The second-order valence-electron chi connectivity index (χ2n) is 8.46. The lowest BCUT2D eigenvalue weighted by atomic mass is 10.0. The molecule has 2 aliphatic rings. The first-order valence-corrected chi connectivity index (χ1v) is 10.5. The van der Waals surface area contributed by atoms with E-state index in [1.807, 2.05) is 0 Å². The number of allylic oxidation sites excluding steroid dienone is 1. The molecule has 182 valence electrons. The van der Waals surface area contributed by atoms with Gasteiger partial charge in [0.2, 0.25) is 12.2 Å². The average Bonchev–Trinajstić information content (AvgIpc) is 2.73. The lowest BCUT2D eigenvalue weighted by molar-refractivity contribution is -0.419. The van der Waals surface area contributed by atoms with Gasteiger partial charge in [-0.05, 0) is 40.7 Å². The normalized spacial score (nSPS) is 20.8. The lowest BCUT2D eigenvalue weighted by Crippen LogP contribution is -2.49. The van der Waals surface area contributed by atoms with Crippen molar-refractivity contribution >= 4 is 23.6 Å². The summed E-state index contributed by atoms with van der Waals surface area (Å²) >= 11 is 0. The summed E-state index contributed by atoms with van der Waals surface area (Å²) in [7, 11) is 2.89. The number of amidine groups is 1. The Morgan fingerprint density at radius 1 is 1.36 bits per heavy atom. The van der Waals surface area contributed by atoms with Crippen molar-refractivity contribution in [2.24, 2.45) is 15.9 Å². The number of rotatable bonds is 6. The molecule has 33 heavy (non-hydrogen) atoms. The third-order valence-corrected chi connectivity index (χ3v) is 4.85. The van der Waals surface area contributed by atoms with Crippen molar-refractivity contribution < 1.29 is 28.7 Å². The second kappa shape index (κ2) is 10.6. The molecule has 0 fully saturated rings. The van der Waals surface area contributed by atoms with E-state index in [2.05, 4.69) is 14.7 Å². The molecule has 0 bridgehead atoms. The van der Waals surface area contributed by atoms with E-state index in [4.69, 9.17) is 9.47 Å². The van der Waals surface area contributed by atoms with Gasteiger partial charge >= 0.3 is 17.8 Å². The minimum atomic E-state index is -0.843. The van der Waals surface area contributed by atoms with E-state index < -0.39 is 28.9 Å². The zero-order chi connectivity index (χ0) is 24.9. The van der Waals surface area contributed by atoms with Crippen molar-refractivity contribution in [1.82, 2.24) is 9.80 Å². The van der Waals surface area contributed by atoms with Gasteiger partial charge in [-0.1, -0.05) is 6.08 Å². The molecular formula is C21H31N5O7. The average molecular weight is 466 g/mol. The summed E-state index contributed by atoms with van der Waals surface area (Å²) in [6, 6.07) is 0. The second-order valence-corrected chi connectivity index (χ2v) is 8.46. The van der Waals surface area contributed by atoms with Gasteiger partial charge in [-0.3, -0.25) is 20.0 Å². The van der Waals surface area contributed by atoms with Crippen LogP contribution in [0.4, 0.5) is 4.79 Å². The van der Waals surface area contributed by atoms with Gasteiger partial charge in [-0.25, -0.2) is 14.6 Å². The summed E-state index contributed by atoms with van der Waals surface area (Å²) in [4.78, 5) is 47.5. The molecular weight excluding hydrogens is 434 g/mol. The van der Waals surface area contributed by atoms with Crippen LogP contribution in [0.15, 0.2) is 33.5 Å². The van der Waals surface area contributed by atoms with Crippen LogP contribution in [0, 0.1) is 16.0 Å². The lowest BCUT2D eigenvalue weighted by Gasteiger charge is -2.35. The maximum absolute atomic E-state index is 13.2. The number of hydrogen-bond acceptors (Lipinski definition) is 10. The summed E-state index contributed by atoms with van der Waals surface area (Å²) in [5.74, 6) is -1.06. The third-order valence-electron chi connectivity index (χ3n) is 4.85. The Morgan fingerprint density at radius 3 is 2.52 bits per heavy atom. The number of hydrogen-bond donors (Lipinski definition) is 0. The molecule has 1 amide bonds. The van der Waals surface area contributed by atoms with E-state index in [-0.39, 0.29) is 36.3 Å². The highest BCUT2D eigenvalue weighted by atomic mass is 16.6. The van der Waals surface area contributed by atoms with Crippen LogP contribution < -0.4 is 0 Å². The Hall–Kier alpha value is -3.28. The van der Waals surface area contributed by atoms with Crippen LogP contribution in [-0.2, 0) is 19.0 Å². The van der Waals surface area contributed by atoms with Crippen molar-refractivity contribution in [2.75, 3.05) is 33.9 Å². The van der Waals surface area contributed by atoms with Gasteiger partial charge in [-0.15, -0.1) is 0 Å². The summed E-state index contributed by atoms with van der Waals surface area (Å²) in [6.07, 6.45) is 1.57. The molecule has 0 saturated heterocycles. The fourth-order valence-electron chi connectivity index (χ4n) is 3.17. The first-order chi connectivity index (χ1) is 15.4. The quantitative estimate of drug-likeness (QED) is 0.331. The van der Waals surface area contributed by atoms with Crippen molar-refractivity contribution in [3.05, 3.63) is 33.7 Å². The molecule has 2 rings (SSSR count). The molecule has 0 spiro atoms. The highest BCUT2D eigenvalue weighted by molar-refractivity contribution is 6.41. The summed E-state index contributed by atoms with van der Waals surface area (Å²) in [5.41, 5.74) is -0.709. The number of nitro groups is 1. The van der Waals surface area contributed by atoms with Crippen LogP contribution in [0.25, 0.3) is 0 Å². The zero-order valence-electron chi connectivity index (χ0n) is 20.0. The fourth-order valence-corrected chi connectivity index (χ4v) is 3.17. The first-order valence-electron chi connectivity index (χ1n) is 10.5. The first kappa shape index (κ1) is 26.0. The number of ether oxygens (including phenoxy) is 3. The Kier molecular flexibility index (Phi) is 8.31. The van der Waals surface area contributed by atoms with Crippen LogP contribution in [0.1, 0.15) is 34.6 Å². The largest absolute Gasteiger partial charge is 0.464 e. The molecule has 12 heteroatoms. The van der Waals surface area contributed by atoms with Crippen LogP contribution in [-0.4, -0.2) is 84.1 Å². The Bertz CT molecular complexity index is 916. The molecule has 0 radical (unpaired) electrons. The number of nitrogens with zero attached hydrogens (tertiary/aromatic N) is 5. The highest BCUT2D eigenvalue weighted by Crippen LogP contribution is 2.26. The monoisotopic (exact) mass is 465 g/mol. The molecule has 12 nitrogen and oxygen atoms in total. The maximum atomic E-state index is 13.2. The number of esters is 1. The van der Waals surface area contributed by atoms with Gasteiger partial charge in [-0.2, -0.15) is 0 Å². The molecule has 2 unspecified atom stereocenters. The highest BCUT2D eigenvalue weighted by Gasteiger charge is 2.41. The molecule has 0 aromatic rings. The number of carbonyl (C=O) groups excluding carboxylic acids is 2. The summed E-state index contributed by atoms with van der Waals surface area (Å²) in [5, 5.41) is 12.0. The SMILES string of the molecule is CCOC1N=C(N(CC2C=CC(C(=O)OC)=NC2)C(=O)OC(C)(C)C)C([N+](=O)[O-])=C(C)N1C. The number of amides is 1. The minimum absolute atomic E-state index is 0.00458. The number of carbonyl (C=O) groups is 2. The van der Waals surface area contributed by atoms with Crippen molar-refractivity contribution in [3.63, 3.8) is 0 Å². The van der Waals surface area contributed by atoms with Crippen molar-refractivity contribution in [1.29, 1.82) is 0 Å². The van der Waals surface area contributed by atoms with Gasteiger partial charge in [0, 0.05) is 32.7 Å². The molecule has 2 heterocycles. The van der Waals surface area contributed by atoms with Crippen molar-refractivity contribution in [3.8, 4) is 0 Å². The standard InChI is InChI=1S/C21H31N5O7/c1-8-32-19-23-17(16(26(29)30)13(2)24(19)6)25(20(28)33-21(3,4)5)12-14-9-10-15(22-11-14)18(27)31-7/h9-10,14,19H,8,11-12H2,1-7H3. The molecule has 2 aliphatic heterocycles. The van der Waals surface area contributed by atoms with Crippen LogP contribution >= 0.6 is 0 Å². The molecule has 0 saturated carbocycles.